The number of nitrogens with one attached hydrogen (secondary N) is 1. The van der Waals surface area contributed by atoms with Gasteiger partial charge in [-0.05, 0) is 46.9 Å². The molecule has 1 aromatic rings. The molecule has 1 aromatic carbocycles. The van der Waals surface area contributed by atoms with E-state index < -0.39 is 0 Å². The van der Waals surface area contributed by atoms with Gasteiger partial charge in [-0.25, -0.2) is 0 Å². The van der Waals surface area contributed by atoms with E-state index in [1.165, 1.54) is 5.56 Å². The maximum Gasteiger partial charge on any atom is 0.245 e. The quantitative estimate of drug-likeness (QED) is 0.857. The number of fused-ring (bicyclic) bond motifs is 1. The zero-order valence-corrected chi connectivity index (χ0v) is 15.9. The van der Waals surface area contributed by atoms with Crippen molar-refractivity contribution >= 4 is 11.7 Å². The Hall–Kier alpha value is -1.68. The first-order chi connectivity index (χ1) is 11.0. The number of carbonyl (C=O) groups is 2. The first-order valence-electron chi connectivity index (χ1n) is 8.49. The van der Waals surface area contributed by atoms with E-state index in [2.05, 4.69) is 46.0 Å². The van der Waals surface area contributed by atoms with Gasteiger partial charge in [-0.3, -0.25) is 9.59 Å². The molecular formula is C20H29NO3. The van der Waals surface area contributed by atoms with E-state index in [0.717, 1.165) is 23.1 Å². The minimum atomic E-state index is -0.222. The number of amides is 1. The summed E-state index contributed by atoms with van der Waals surface area (Å²) in [7, 11) is 1.59. The lowest BCUT2D eigenvalue weighted by Crippen LogP contribution is -2.24. The van der Waals surface area contributed by atoms with Crippen molar-refractivity contribution in [2.45, 2.75) is 64.9 Å². The van der Waals surface area contributed by atoms with Crippen molar-refractivity contribution in [2.75, 3.05) is 13.7 Å². The van der Waals surface area contributed by atoms with Gasteiger partial charge in [0, 0.05) is 12.6 Å². The highest BCUT2D eigenvalue weighted by Crippen LogP contribution is 2.49. The zero-order chi connectivity index (χ0) is 18.3. The topological polar surface area (TPSA) is 55.4 Å². The normalized spacial score (nSPS) is 19.0. The second-order valence-electron chi connectivity index (χ2n) is 8.35. The number of likely N-dealkylation sites (N-methyl/N-ethyl adjacent to an activating group) is 1. The predicted molar refractivity (Wildman–Crippen MR) is 95.5 cm³/mol. The van der Waals surface area contributed by atoms with Crippen LogP contribution in [0.3, 0.4) is 0 Å². The van der Waals surface area contributed by atoms with E-state index in [-0.39, 0.29) is 35.2 Å². The maximum atomic E-state index is 12.3. The third kappa shape index (κ3) is 3.54. The molecule has 0 heterocycles. The van der Waals surface area contributed by atoms with Gasteiger partial charge in [0.25, 0.3) is 0 Å². The van der Waals surface area contributed by atoms with Gasteiger partial charge in [-0.15, -0.1) is 0 Å². The fourth-order valence-electron chi connectivity index (χ4n) is 3.35. The highest BCUT2D eigenvalue weighted by molar-refractivity contribution is 5.96. The number of carbonyl (C=O) groups excluding carboxylic acids is 2. The van der Waals surface area contributed by atoms with Gasteiger partial charge in [-0.2, -0.15) is 0 Å². The average molecular weight is 331 g/mol. The van der Waals surface area contributed by atoms with Crippen LogP contribution in [0, 0.1) is 0 Å². The molecule has 0 aromatic heterocycles. The fourth-order valence-corrected chi connectivity index (χ4v) is 3.35. The molecule has 1 unspecified atom stereocenters. The summed E-state index contributed by atoms with van der Waals surface area (Å²) in [4.78, 5) is 23.8. The summed E-state index contributed by atoms with van der Waals surface area (Å²) in [6.45, 7) is 12.4. The number of Topliss-reactive ketones (excluding diaryl/α,β-unsaturated/α-hetero) is 1. The van der Waals surface area contributed by atoms with Gasteiger partial charge in [0.2, 0.25) is 5.91 Å². The van der Waals surface area contributed by atoms with Crippen LogP contribution >= 0.6 is 0 Å². The number of ether oxygens (including phenoxy) is 1. The molecule has 0 spiro atoms. The molecule has 0 fully saturated rings. The Bertz CT molecular complexity index is 668. The van der Waals surface area contributed by atoms with E-state index in [9.17, 15) is 9.59 Å². The SMILES string of the molecule is CNC(=O)COC1CC(C)(C)c2cc(C(C)(C)C)cc(C(C)=O)c21. The van der Waals surface area contributed by atoms with Crippen LogP contribution in [0.2, 0.25) is 0 Å². The van der Waals surface area contributed by atoms with E-state index >= 15 is 0 Å². The van der Waals surface area contributed by atoms with E-state index in [0.29, 0.717) is 0 Å². The second kappa shape index (κ2) is 6.32. The van der Waals surface area contributed by atoms with Crippen molar-refractivity contribution < 1.29 is 14.3 Å². The molecule has 4 heteroatoms. The van der Waals surface area contributed by atoms with Crippen molar-refractivity contribution in [3.63, 3.8) is 0 Å². The van der Waals surface area contributed by atoms with Crippen LogP contribution in [-0.2, 0) is 20.4 Å². The first-order valence-corrected chi connectivity index (χ1v) is 8.49. The number of ketones is 1. The average Bonchev–Trinajstić information content (AvgIpc) is 2.74. The molecule has 4 nitrogen and oxygen atoms in total. The maximum absolute atomic E-state index is 12.3. The number of benzene rings is 1. The van der Waals surface area contributed by atoms with Crippen LogP contribution in [0.5, 0.6) is 0 Å². The van der Waals surface area contributed by atoms with Gasteiger partial charge in [-0.1, -0.05) is 40.7 Å². The molecule has 0 aliphatic heterocycles. The van der Waals surface area contributed by atoms with Gasteiger partial charge in [0.1, 0.15) is 6.61 Å². The van der Waals surface area contributed by atoms with Gasteiger partial charge < -0.3 is 10.1 Å². The Morgan fingerprint density at radius 3 is 2.42 bits per heavy atom. The summed E-state index contributed by atoms with van der Waals surface area (Å²) in [5.74, 6) is -0.111. The molecule has 2 rings (SSSR count). The molecule has 132 valence electrons. The Morgan fingerprint density at radius 2 is 1.92 bits per heavy atom. The summed E-state index contributed by atoms with van der Waals surface area (Å²) in [5.41, 5.74) is 3.90. The summed E-state index contributed by atoms with van der Waals surface area (Å²) < 4.78 is 5.87. The molecule has 1 N–H and O–H groups in total. The lowest BCUT2D eigenvalue weighted by atomic mass is 9.79. The monoisotopic (exact) mass is 331 g/mol. The van der Waals surface area contributed by atoms with Gasteiger partial charge in [0.15, 0.2) is 5.78 Å². The molecule has 1 atom stereocenters. The van der Waals surface area contributed by atoms with E-state index in [1.54, 1.807) is 14.0 Å². The van der Waals surface area contributed by atoms with Crippen LogP contribution in [0.25, 0.3) is 0 Å². The Balaban J connectivity index is 2.55. The molecule has 0 saturated carbocycles. The number of hydrogen-bond acceptors (Lipinski definition) is 3. The Labute approximate surface area is 145 Å². The first kappa shape index (κ1) is 18.7. The molecule has 0 saturated heterocycles. The lowest BCUT2D eigenvalue weighted by molar-refractivity contribution is -0.127. The van der Waals surface area contributed by atoms with Crippen molar-refractivity contribution in [1.82, 2.24) is 5.32 Å². The number of hydrogen-bond donors (Lipinski definition) is 1. The highest BCUT2D eigenvalue weighted by atomic mass is 16.5. The predicted octanol–water partition coefficient (Wildman–Crippen LogP) is 3.67. The van der Waals surface area contributed by atoms with Gasteiger partial charge >= 0.3 is 0 Å². The van der Waals surface area contributed by atoms with Crippen molar-refractivity contribution in [3.05, 3.63) is 34.4 Å². The van der Waals surface area contributed by atoms with Crippen LogP contribution < -0.4 is 5.32 Å². The second-order valence-corrected chi connectivity index (χ2v) is 8.35. The van der Waals surface area contributed by atoms with Crippen molar-refractivity contribution in [2.24, 2.45) is 0 Å². The minimum Gasteiger partial charge on any atom is -0.364 e. The summed E-state index contributed by atoms with van der Waals surface area (Å²) in [6.07, 6.45) is 0.549. The Morgan fingerprint density at radius 1 is 1.29 bits per heavy atom. The molecule has 24 heavy (non-hydrogen) atoms. The Kier molecular flexibility index (Phi) is 4.91. The van der Waals surface area contributed by atoms with Crippen LogP contribution in [0.4, 0.5) is 0 Å². The molecule has 1 aliphatic rings. The standard InChI is InChI=1S/C20H29NO3/c1-12(22)14-8-13(19(2,3)4)9-15-18(14)16(10-20(15,5)6)24-11-17(23)21-7/h8-9,16H,10-11H2,1-7H3,(H,21,23). The molecule has 0 bridgehead atoms. The van der Waals surface area contributed by atoms with Crippen molar-refractivity contribution in [1.29, 1.82) is 0 Å². The summed E-state index contributed by atoms with van der Waals surface area (Å²) >= 11 is 0. The lowest BCUT2D eigenvalue weighted by Gasteiger charge is -2.25. The fraction of sp³-hybridized carbons (Fsp3) is 0.600. The third-order valence-corrected chi connectivity index (χ3v) is 4.87. The van der Waals surface area contributed by atoms with Gasteiger partial charge in [0.05, 0.1) is 6.10 Å². The largest absolute Gasteiger partial charge is 0.364 e. The zero-order valence-electron chi connectivity index (χ0n) is 15.9. The summed E-state index contributed by atoms with van der Waals surface area (Å²) in [6, 6.07) is 4.21. The molecule has 0 radical (unpaired) electrons. The molecule has 1 aliphatic carbocycles. The highest BCUT2D eigenvalue weighted by Gasteiger charge is 2.41. The molecule has 1 amide bonds. The van der Waals surface area contributed by atoms with E-state index in [1.807, 2.05) is 6.07 Å². The van der Waals surface area contributed by atoms with Crippen LogP contribution in [0.15, 0.2) is 12.1 Å². The minimum absolute atomic E-state index is 0.00898. The van der Waals surface area contributed by atoms with Crippen LogP contribution in [0.1, 0.15) is 81.1 Å². The van der Waals surface area contributed by atoms with E-state index in [4.69, 9.17) is 4.74 Å². The smallest absolute Gasteiger partial charge is 0.245 e. The molecular weight excluding hydrogens is 302 g/mol. The summed E-state index contributed by atoms with van der Waals surface area (Å²) in [5, 5.41) is 2.57. The van der Waals surface area contributed by atoms with Crippen molar-refractivity contribution in [3.8, 4) is 0 Å². The number of rotatable bonds is 4. The van der Waals surface area contributed by atoms with Crippen LogP contribution in [-0.4, -0.2) is 25.3 Å². The third-order valence-electron chi connectivity index (χ3n) is 4.87.